The highest BCUT2D eigenvalue weighted by Gasteiger charge is 2.25. The first-order valence-corrected chi connectivity index (χ1v) is 8.65. The van der Waals surface area contributed by atoms with Gasteiger partial charge in [-0.1, -0.05) is 18.6 Å². The van der Waals surface area contributed by atoms with Gasteiger partial charge >= 0.3 is 0 Å². The summed E-state index contributed by atoms with van der Waals surface area (Å²) in [6, 6.07) is 8.57. The highest BCUT2D eigenvalue weighted by Crippen LogP contribution is 2.16. The van der Waals surface area contributed by atoms with E-state index in [0.29, 0.717) is 0 Å². The summed E-state index contributed by atoms with van der Waals surface area (Å²) in [6.45, 7) is 6.23. The van der Waals surface area contributed by atoms with Gasteiger partial charge in [-0.15, -0.1) is 0 Å². The lowest BCUT2D eigenvalue weighted by Gasteiger charge is -2.30. The minimum Gasteiger partial charge on any atom is -0.358 e. The summed E-state index contributed by atoms with van der Waals surface area (Å²) < 4.78 is 0. The average Bonchev–Trinajstić information content (AvgIpc) is 2.56. The number of hydrogen-bond acceptors (Lipinski definition) is 1. The predicted molar refractivity (Wildman–Crippen MR) is 91.4 cm³/mol. The molecular formula is C19H27N2O+. The van der Waals surface area contributed by atoms with Crippen molar-refractivity contribution in [3.8, 4) is 0 Å². The van der Waals surface area contributed by atoms with E-state index in [4.69, 9.17) is 0 Å². The van der Waals surface area contributed by atoms with Crippen molar-refractivity contribution in [1.82, 2.24) is 4.98 Å². The van der Waals surface area contributed by atoms with Gasteiger partial charge in [0.15, 0.2) is 5.43 Å². The Hall–Kier alpha value is -1.61. The molecule has 3 rings (SSSR count). The number of benzene rings is 1. The first-order chi connectivity index (χ1) is 10.7. The number of para-hydroxylation sites is 1. The zero-order valence-corrected chi connectivity index (χ0v) is 13.7. The Kier molecular flexibility index (Phi) is 4.63. The molecule has 1 atom stereocenters. The van der Waals surface area contributed by atoms with E-state index in [0.717, 1.165) is 41.3 Å². The van der Waals surface area contributed by atoms with E-state index in [1.165, 1.54) is 32.1 Å². The normalized spacial score (nSPS) is 17.7. The number of aromatic nitrogens is 1. The lowest BCUT2D eigenvalue weighted by molar-refractivity contribution is -0.938. The topological polar surface area (TPSA) is 37.3 Å². The molecule has 1 aromatic heterocycles. The fraction of sp³-hybridized carbons (Fsp3) is 0.526. The molecule has 0 radical (unpaired) electrons. The highest BCUT2D eigenvalue weighted by molar-refractivity contribution is 5.79. The van der Waals surface area contributed by atoms with E-state index < -0.39 is 0 Å². The Morgan fingerprint density at radius 2 is 1.91 bits per heavy atom. The maximum Gasteiger partial charge on any atom is 0.198 e. The SMILES string of the molecule is CC[NH+](Cc1c(C)[nH]c2ccccc2c1=O)C1CCCCC1. The summed E-state index contributed by atoms with van der Waals surface area (Å²) in [4.78, 5) is 17.8. The Labute approximate surface area is 132 Å². The van der Waals surface area contributed by atoms with Crippen LogP contribution in [0.2, 0.25) is 0 Å². The number of hydrogen-bond donors (Lipinski definition) is 2. The van der Waals surface area contributed by atoms with E-state index in [9.17, 15) is 4.79 Å². The van der Waals surface area contributed by atoms with Crippen LogP contribution in [0.25, 0.3) is 10.9 Å². The molecule has 0 amide bonds. The maximum atomic E-state index is 12.9. The van der Waals surface area contributed by atoms with Gasteiger partial charge < -0.3 is 9.88 Å². The lowest BCUT2D eigenvalue weighted by atomic mass is 9.93. The number of aromatic amines is 1. The molecule has 1 heterocycles. The summed E-state index contributed by atoms with van der Waals surface area (Å²) in [6.07, 6.45) is 6.70. The van der Waals surface area contributed by atoms with Crippen molar-refractivity contribution in [2.24, 2.45) is 0 Å². The number of aryl methyl sites for hydroxylation is 1. The van der Waals surface area contributed by atoms with Crippen LogP contribution in [0, 0.1) is 6.92 Å². The van der Waals surface area contributed by atoms with Crippen molar-refractivity contribution in [3.63, 3.8) is 0 Å². The van der Waals surface area contributed by atoms with Crippen molar-refractivity contribution in [1.29, 1.82) is 0 Å². The van der Waals surface area contributed by atoms with Crippen molar-refractivity contribution in [2.45, 2.75) is 58.5 Å². The predicted octanol–water partition coefficient (Wildman–Crippen LogP) is 2.57. The fourth-order valence-corrected chi connectivity index (χ4v) is 3.91. The van der Waals surface area contributed by atoms with Crippen LogP contribution in [0.1, 0.15) is 50.3 Å². The van der Waals surface area contributed by atoms with Crippen LogP contribution < -0.4 is 10.3 Å². The quantitative estimate of drug-likeness (QED) is 0.894. The first-order valence-electron chi connectivity index (χ1n) is 8.65. The van der Waals surface area contributed by atoms with Gasteiger partial charge in [0.05, 0.1) is 18.2 Å². The van der Waals surface area contributed by atoms with E-state index >= 15 is 0 Å². The number of fused-ring (bicyclic) bond motifs is 1. The van der Waals surface area contributed by atoms with Crippen LogP contribution in [0.5, 0.6) is 0 Å². The Balaban J connectivity index is 1.93. The monoisotopic (exact) mass is 299 g/mol. The number of quaternary nitrogens is 1. The van der Waals surface area contributed by atoms with Crippen LogP contribution in [0.3, 0.4) is 0 Å². The van der Waals surface area contributed by atoms with Gasteiger partial charge in [0, 0.05) is 16.6 Å². The van der Waals surface area contributed by atoms with Crippen LogP contribution in [-0.4, -0.2) is 17.6 Å². The minimum atomic E-state index is 0.216. The molecule has 2 aromatic rings. The molecule has 0 bridgehead atoms. The molecule has 0 aliphatic heterocycles. The summed E-state index contributed by atoms with van der Waals surface area (Å²) in [5.41, 5.74) is 3.17. The maximum absolute atomic E-state index is 12.9. The Bertz CT molecular complexity index is 698. The van der Waals surface area contributed by atoms with Gasteiger partial charge in [-0.2, -0.15) is 0 Å². The molecule has 1 unspecified atom stereocenters. The van der Waals surface area contributed by atoms with Gasteiger partial charge in [-0.05, 0) is 51.7 Å². The summed E-state index contributed by atoms with van der Waals surface area (Å²) in [5.74, 6) is 0. The van der Waals surface area contributed by atoms with Crippen LogP contribution in [0.4, 0.5) is 0 Å². The smallest absolute Gasteiger partial charge is 0.198 e. The minimum absolute atomic E-state index is 0.216. The van der Waals surface area contributed by atoms with Gasteiger partial charge in [-0.3, -0.25) is 4.79 Å². The molecule has 3 nitrogen and oxygen atoms in total. The summed E-state index contributed by atoms with van der Waals surface area (Å²) in [7, 11) is 0. The highest BCUT2D eigenvalue weighted by atomic mass is 16.1. The first kappa shape index (κ1) is 15.3. The van der Waals surface area contributed by atoms with Gasteiger partial charge in [0.25, 0.3) is 0 Å². The van der Waals surface area contributed by atoms with Gasteiger partial charge in [0.1, 0.15) is 6.54 Å². The van der Waals surface area contributed by atoms with Crippen molar-refractivity contribution >= 4 is 10.9 Å². The molecule has 1 fully saturated rings. The molecule has 118 valence electrons. The second kappa shape index (κ2) is 6.66. The molecule has 22 heavy (non-hydrogen) atoms. The number of rotatable bonds is 4. The molecule has 0 saturated heterocycles. The second-order valence-electron chi connectivity index (χ2n) is 6.63. The Morgan fingerprint density at radius 1 is 1.18 bits per heavy atom. The van der Waals surface area contributed by atoms with Gasteiger partial charge in [-0.25, -0.2) is 0 Å². The molecule has 1 aromatic carbocycles. The molecule has 1 saturated carbocycles. The number of H-pyrrole nitrogens is 1. The van der Waals surface area contributed by atoms with Crippen molar-refractivity contribution < 1.29 is 4.90 Å². The standard InChI is InChI=1S/C19H26N2O/c1-3-21(15-9-5-4-6-10-15)13-17-14(2)20-18-12-8-7-11-16(18)19(17)22/h7-8,11-12,15H,3-6,9-10,13H2,1-2H3,(H,20,22)/p+1. The van der Waals surface area contributed by atoms with Crippen molar-refractivity contribution in [2.75, 3.05) is 6.54 Å². The zero-order chi connectivity index (χ0) is 15.5. The van der Waals surface area contributed by atoms with Crippen LogP contribution in [0.15, 0.2) is 29.1 Å². The second-order valence-corrected chi connectivity index (χ2v) is 6.63. The third-order valence-corrected chi connectivity index (χ3v) is 5.26. The summed E-state index contributed by atoms with van der Waals surface area (Å²) >= 11 is 0. The third-order valence-electron chi connectivity index (χ3n) is 5.26. The lowest BCUT2D eigenvalue weighted by Crippen LogP contribution is -3.14. The molecule has 2 N–H and O–H groups in total. The third kappa shape index (κ3) is 2.95. The van der Waals surface area contributed by atoms with E-state index in [-0.39, 0.29) is 5.43 Å². The molecule has 3 heteroatoms. The zero-order valence-electron chi connectivity index (χ0n) is 13.7. The largest absolute Gasteiger partial charge is 0.358 e. The van der Waals surface area contributed by atoms with Crippen LogP contribution in [-0.2, 0) is 6.54 Å². The fourth-order valence-electron chi connectivity index (χ4n) is 3.91. The summed E-state index contributed by atoms with van der Waals surface area (Å²) in [5, 5.41) is 0.821. The molecule has 1 aliphatic rings. The van der Waals surface area contributed by atoms with Crippen molar-refractivity contribution in [3.05, 3.63) is 45.7 Å². The van der Waals surface area contributed by atoms with Gasteiger partial charge in [0.2, 0.25) is 0 Å². The average molecular weight is 299 g/mol. The Morgan fingerprint density at radius 3 is 2.64 bits per heavy atom. The molecular weight excluding hydrogens is 272 g/mol. The number of pyridine rings is 1. The molecule has 1 aliphatic carbocycles. The van der Waals surface area contributed by atoms with E-state index in [1.54, 1.807) is 4.90 Å². The number of nitrogens with one attached hydrogen (secondary N) is 2. The van der Waals surface area contributed by atoms with E-state index in [1.807, 2.05) is 31.2 Å². The van der Waals surface area contributed by atoms with Crippen LogP contribution >= 0.6 is 0 Å². The molecule has 0 spiro atoms. The van der Waals surface area contributed by atoms with E-state index in [2.05, 4.69) is 11.9 Å².